The highest BCUT2D eigenvalue weighted by atomic mass is 15.3. The van der Waals surface area contributed by atoms with E-state index in [0.717, 1.165) is 33.8 Å². The molecule has 0 saturated carbocycles. The largest absolute Gasteiger partial charge is 0.375 e. The molecule has 0 radical (unpaired) electrons. The first kappa shape index (κ1) is 16.7. The summed E-state index contributed by atoms with van der Waals surface area (Å²) in [4.78, 5) is 11.0. The lowest BCUT2D eigenvalue weighted by atomic mass is 9.99. The summed E-state index contributed by atoms with van der Waals surface area (Å²) in [5.41, 5.74) is 5.60. The fraction of sp³-hybridized carbons (Fsp3) is 0.278. The van der Waals surface area contributed by atoms with Gasteiger partial charge in [0.15, 0.2) is 5.65 Å². The molecule has 0 aliphatic heterocycles. The van der Waals surface area contributed by atoms with Crippen LogP contribution in [0.4, 0.5) is 5.69 Å². The Morgan fingerprint density at radius 1 is 1.30 bits per heavy atom. The second-order valence-corrected chi connectivity index (χ2v) is 5.34. The number of rotatable bonds is 6. The third-order valence-electron chi connectivity index (χ3n) is 3.67. The van der Waals surface area contributed by atoms with E-state index in [9.17, 15) is 0 Å². The number of hydrogen-bond acceptors (Lipinski definition) is 4. The summed E-state index contributed by atoms with van der Waals surface area (Å²) < 4.78 is 1.79. The monoisotopic (exact) mass is 309 g/mol. The first-order valence-corrected chi connectivity index (χ1v) is 7.55. The van der Waals surface area contributed by atoms with Gasteiger partial charge in [0.25, 0.3) is 0 Å². The van der Waals surface area contributed by atoms with Gasteiger partial charge in [-0.25, -0.2) is 9.50 Å². The van der Waals surface area contributed by atoms with E-state index in [0.29, 0.717) is 6.54 Å². The molecule has 0 aliphatic carbocycles. The maximum Gasteiger partial charge on any atom is 0.162 e. The number of allylic oxidation sites excluding steroid dienone is 4. The number of aliphatic imine (C=N–C) groups is 1. The van der Waals surface area contributed by atoms with Gasteiger partial charge in [-0.2, -0.15) is 5.10 Å². The Kier molecular flexibility index (Phi) is 5.11. The van der Waals surface area contributed by atoms with E-state index in [-0.39, 0.29) is 0 Å². The van der Waals surface area contributed by atoms with Crippen LogP contribution in [0.15, 0.2) is 54.5 Å². The third-order valence-corrected chi connectivity index (χ3v) is 3.67. The van der Waals surface area contributed by atoms with E-state index in [2.05, 4.69) is 28.2 Å². The molecule has 0 fully saturated rings. The lowest BCUT2D eigenvalue weighted by molar-refractivity contribution is 0.926. The van der Waals surface area contributed by atoms with Crippen LogP contribution in [0.1, 0.15) is 19.4 Å². The van der Waals surface area contributed by atoms with Crippen molar-refractivity contribution in [3.8, 4) is 0 Å². The summed E-state index contributed by atoms with van der Waals surface area (Å²) in [5, 5.41) is 4.42. The predicted molar refractivity (Wildman–Crippen MR) is 98.3 cm³/mol. The third kappa shape index (κ3) is 3.23. The minimum absolute atomic E-state index is 0.700. The number of fused-ring (bicyclic) bond motifs is 1. The van der Waals surface area contributed by atoms with Crippen molar-refractivity contribution in [1.82, 2.24) is 14.6 Å². The molecule has 2 aromatic rings. The number of aromatic nitrogens is 3. The molecule has 2 heterocycles. The second kappa shape index (κ2) is 7.05. The van der Waals surface area contributed by atoms with E-state index in [4.69, 9.17) is 0 Å². The van der Waals surface area contributed by atoms with Crippen LogP contribution in [-0.2, 0) is 0 Å². The molecule has 0 spiro atoms. The molecule has 0 saturated heterocycles. The molecule has 5 heteroatoms. The van der Waals surface area contributed by atoms with E-state index in [1.807, 2.05) is 57.5 Å². The van der Waals surface area contributed by atoms with Crippen molar-refractivity contribution >= 4 is 22.6 Å². The lowest BCUT2D eigenvalue weighted by Crippen LogP contribution is -2.10. The molecule has 5 nitrogen and oxygen atoms in total. The minimum Gasteiger partial charge on any atom is -0.375 e. The fourth-order valence-electron chi connectivity index (χ4n) is 2.39. The van der Waals surface area contributed by atoms with Gasteiger partial charge in [-0.05, 0) is 25.5 Å². The maximum atomic E-state index is 4.56. The van der Waals surface area contributed by atoms with Crippen LogP contribution in [0.2, 0.25) is 0 Å². The zero-order chi connectivity index (χ0) is 17.0. The van der Waals surface area contributed by atoms with E-state index in [1.165, 1.54) is 0 Å². The average molecular weight is 309 g/mol. The molecule has 23 heavy (non-hydrogen) atoms. The Balaban J connectivity index is 2.62. The summed E-state index contributed by atoms with van der Waals surface area (Å²) >= 11 is 0. The zero-order valence-electron chi connectivity index (χ0n) is 14.2. The number of nitrogens with zero attached hydrogens (tertiary/aromatic N) is 5. The Hall–Kier alpha value is -2.69. The molecular formula is C18H23N5. The van der Waals surface area contributed by atoms with Crippen molar-refractivity contribution in [2.75, 3.05) is 25.5 Å². The Morgan fingerprint density at radius 3 is 2.61 bits per heavy atom. The molecule has 2 aromatic heterocycles. The van der Waals surface area contributed by atoms with Crippen molar-refractivity contribution in [3.05, 3.63) is 55.0 Å². The topological polar surface area (TPSA) is 45.8 Å². The summed E-state index contributed by atoms with van der Waals surface area (Å²) in [6.45, 7) is 12.5. The van der Waals surface area contributed by atoms with Crippen LogP contribution in [0.25, 0.3) is 11.2 Å². The van der Waals surface area contributed by atoms with E-state index in [1.54, 1.807) is 10.6 Å². The van der Waals surface area contributed by atoms with Gasteiger partial charge < -0.3 is 4.90 Å². The van der Waals surface area contributed by atoms with Crippen LogP contribution < -0.4 is 4.90 Å². The smallest absolute Gasteiger partial charge is 0.162 e. The quantitative estimate of drug-likeness (QED) is 0.607. The van der Waals surface area contributed by atoms with Gasteiger partial charge in [0.2, 0.25) is 0 Å². The van der Waals surface area contributed by atoms with Crippen LogP contribution in [-0.4, -0.2) is 40.9 Å². The molecule has 0 unspecified atom stereocenters. The van der Waals surface area contributed by atoms with Crippen molar-refractivity contribution in [3.63, 3.8) is 0 Å². The molecule has 0 aromatic carbocycles. The number of anilines is 1. The molecule has 0 N–H and O–H groups in total. The molecule has 2 rings (SSSR count). The Morgan fingerprint density at radius 2 is 2.04 bits per heavy atom. The second-order valence-electron chi connectivity index (χ2n) is 5.34. The Bertz CT molecular complexity index is 793. The number of hydrogen-bond donors (Lipinski definition) is 0. The van der Waals surface area contributed by atoms with Gasteiger partial charge in [-0.15, -0.1) is 0 Å². The summed E-state index contributed by atoms with van der Waals surface area (Å²) in [5.74, 6) is 0. The van der Waals surface area contributed by atoms with Crippen molar-refractivity contribution < 1.29 is 0 Å². The van der Waals surface area contributed by atoms with Crippen molar-refractivity contribution in [2.24, 2.45) is 4.99 Å². The van der Waals surface area contributed by atoms with Crippen molar-refractivity contribution in [1.29, 1.82) is 0 Å². The van der Waals surface area contributed by atoms with Gasteiger partial charge >= 0.3 is 0 Å². The van der Waals surface area contributed by atoms with Crippen LogP contribution in [0.5, 0.6) is 0 Å². The molecule has 0 amide bonds. The molecule has 0 bridgehead atoms. The van der Waals surface area contributed by atoms with E-state index >= 15 is 0 Å². The fourth-order valence-corrected chi connectivity index (χ4v) is 2.39. The molecule has 120 valence electrons. The Labute approximate surface area is 137 Å². The van der Waals surface area contributed by atoms with Gasteiger partial charge in [0.05, 0.1) is 30.0 Å². The van der Waals surface area contributed by atoms with Crippen molar-refractivity contribution in [2.45, 2.75) is 13.8 Å². The first-order valence-electron chi connectivity index (χ1n) is 7.55. The highest BCUT2D eigenvalue weighted by Crippen LogP contribution is 2.24. The van der Waals surface area contributed by atoms with Gasteiger partial charge in [0, 0.05) is 31.8 Å². The highest BCUT2D eigenvalue weighted by Gasteiger charge is 2.13. The summed E-state index contributed by atoms with van der Waals surface area (Å²) in [6, 6.07) is 0. The SMILES string of the molecule is C=CC(=NCC)/C(C=C)=C(\C)c1cnn2cc(N(C)C)cnc12. The molecular weight excluding hydrogens is 286 g/mol. The van der Waals surface area contributed by atoms with Gasteiger partial charge in [-0.1, -0.05) is 19.2 Å². The molecule has 0 aliphatic rings. The maximum absolute atomic E-state index is 4.56. The minimum atomic E-state index is 0.700. The molecule has 0 atom stereocenters. The average Bonchev–Trinajstić information content (AvgIpc) is 2.97. The summed E-state index contributed by atoms with van der Waals surface area (Å²) in [7, 11) is 3.96. The zero-order valence-corrected chi connectivity index (χ0v) is 14.2. The van der Waals surface area contributed by atoms with Crippen LogP contribution >= 0.6 is 0 Å². The normalized spacial score (nSPS) is 13.0. The lowest BCUT2D eigenvalue weighted by Gasteiger charge is -2.12. The van der Waals surface area contributed by atoms with Gasteiger partial charge in [0.1, 0.15) is 0 Å². The standard InChI is InChI=1S/C18H23N5/c1-7-15(17(8-2)19-9-3)13(4)16-11-21-23-12-14(22(5)6)10-20-18(16)23/h7-8,10-12H,1-2,9H2,3-6H3/b15-13+,19-17?. The summed E-state index contributed by atoms with van der Waals surface area (Å²) in [6.07, 6.45) is 9.20. The highest BCUT2D eigenvalue weighted by molar-refractivity contribution is 6.15. The van der Waals surface area contributed by atoms with Gasteiger partial charge in [-0.3, -0.25) is 4.99 Å². The van der Waals surface area contributed by atoms with Crippen LogP contribution in [0.3, 0.4) is 0 Å². The van der Waals surface area contributed by atoms with Crippen LogP contribution in [0, 0.1) is 0 Å². The first-order chi connectivity index (χ1) is 11.0. The van der Waals surface area contributed by atoms with E-state index < -0.39 is 0 Å². The predicted octanol–water partition coefficient (Wildman–Crippen LogP) is 3.40.